The summed E-state index contributed by atoms with van der Waals surface area (Å²) in [6.07, 6.45) is -0.286. The Labute approximate surface area is 363 Å². The number of hydrogen-bond donors (Lipinski definition) is 1. The van der Waals surface area contributed by atoms with Crippen LogP contribution in [-0.2, 0) is 0 Å². The van der Waals surface area contributed by atoms with E-state index in [4.69, 9.17) is 9.98 Å². The highest BCUT2D eigenvalue weighted by Crippen LogP contribution is 2.41. The molecule has 0 radical (unpaired) electrons. The Morgan fingerprint density at radius 2 is 0.984 bits per heavy atom. The minimum atomic E-state index is -0.286. The van der Waals surface area contributed by atoms with E-state index >= 15 is 0 Å². The highest BCUT2D eigenvalue weighted by molar-refractivity contribution is 7.25. The van der Waals surface area contributed by atoms with Crippen LogP contribution in [0.3, 0.4) is 0 Å². The minimum Gasteiger partial charge on any atom is -0.344 e. The number of nitrogens with zero attached hydrogens (tertiary/aromatic N) is 3. The summed E-state index contributed by atoms with van der Waals surface area (Å²) in [6, 6.07) is 78.2. The number of hydrogen-bond acceptors (Lipinski definition) is 4. The number of para-hydroxylation sites is 2. The SMILES string of the molecule is c1ccc(C2=NC(c3ccc4c(c3)sc3ccc(-c5ccccc5-c5ccc6c(c5)c5ccccc5n6-c5ccccc5)cc34)=NC(c3ccc(-c4ccccc4)cc3)N2)cc1. The number of aromatic nitrogens is 1. The summed E-state index contributed by atoms with van der Waals surface area (Å²) in [6.45, 7) is 0. The van der Waals surface area contributed by atoms with Crippen LogP contribution in [0.5, 0.6) is 0 Å². The number of amidine groups is 2. The van der Waals surface area contributed by atoms with Crippen LogP contribution in [0.15, 0.2) is 228 Å². The number of fused-ring (bicyclic) bond motifs is 6. The van der Waals surface area contributed by atoms with Crippen LogP contribution in [0, 0.1) is 0 Å². The average molecular weight is 811 g/mol. The first-order chi connectivity index (χ1) is 30.7. The van der Waals surface area contributed by atoms with Crippen LogP contribution in [0.2, 0.25) is 0 Å². The van der Waals surface area contributed by atoms with E-state index in [0.717, 1.165) is 34.0 Å². The smallest absolute Gasteiger partial charge is 0.159 e. The van der Waals surface area contributed by atoms with Gasteiger partial charge in [-0.3, -0.25) is 0 Å². The molecule has 292 valence electrons. The summed E-state index contributed by atoms with van der Waals surface area (Å²) in [7, 11) is 0. The molecular formula is C57H38N4S. The minimum absolute atomic E-state index is 0.286. The Morgan fingerprint density at radius 1 is 0.403 bits per heavy atom. The van der Waals surface area contributed by atoms with Crippen molar-refractivity contribution in [2.45, 2.75) is 6.17 Å². The summed E-state index contributed by atoms with van der Waals surface area (Å²) in [4.78, 5) is 10.4. The van der Waals surface area contributed by atoms with Crippen LogP contribution >= 0.6 is 11.3 Å². The van der Waals surface area contributed by atoms with Crippen molar-refractivity contribution in [3.63, 3.8) is 0 Å². The van der Waals surface area contributed by atoms with Crippen LogP contribution < -0.4 is 5.32 Å². The lowest BCUT2D eigenvalue weighted by Gasteiger charge is -2.24. The van der Waals surface area contributed by atoms with E-state index in [1.807, 2.05) is 23.5 Å². The van der Waals surface area contributed by atoms with Crippen molar-refractivity contribution in [3.05, 3.63) is 235 Å². The van der Waals surface area contributed by atoms with Crippen LogP contribution in [0.4, 0.5) is 0 Å². The molecule has 1 aliphatic heterocycles. The summed E-state index contributed by atoms with van der Waals surface area (Å²) in [5.41, 5.74) is 13.9. The molecule has 1 unspecified atom stereocenters. The molecule has 0 spiro atoms. The molecule has 0 bridgehead atoms. The monoisotopic (exact) mass is 810 g/mol. The molecule has 2 aromatic heterocycles. The number of nitrogens with one attached hydrogen (secondary N) is 1. The maximum Gasteiger partial charge on any atom is 0.159 e. The molecule has 11 aromatic rings. The third-order valence-corrected chi connectivity index (χ3v) is 13.2. The second-order valence-corrected chi connectivity index (χ2v) is 16.9. The molecular weight excluding hydrogens is 773 g/mol. The molecule has 3 heterocycles. The molecule has 12 rings (SSSR count). The Morgan fingerprint density at radius 3 is 1.74 bits per heavy atom. The number of aliphatic imine (C=N–C) groups is 2. The zero-order valence-electron chi connectivity index (χ0n) is 33.6. The van der Waals surface area contributed by atoms with Gasteiger partial charge in [-0.25, -0.2) is 9.98 Å². The van der Waals surface area contributed by atoms with E-state index in [2.05, 4.69) is 216 Å². The zero-order chi connectivity index (χ0) is 41.0. The fourth-order valence-electron chi connectivity index (χ4n) is 9.05. The number of rotatable bonds is 7. The highest BCUT2D eigenvalue weighted by atomic mass is 32.1. The van der Waals surface area contributed by atoms with Gasteiger partial charge in [0.2, 0.25) is 0 Å². The molecule has 1 N–H and O–H groups in total. The first-order valence-corrected chi connectivity index (χ1v) is 21.8. The fraction of sp³-hybridized carbons (Fsp3) is 0.0175. The van der Waals surface area contributed by atoms with E-state index in [-0.39, 0.29) is 6.17 Å². The van der Waals surface area contributed by atoms with Crippen molar-refractivity contribution < 1.29 is 0 Å². The van der Waals surface area contributed by atoms with Gasteiger partial charge >= 0.3 is 0 Å². The molecule has 1 atom stereocenters. The average Bonchev–Trinajstić information content (AvgIpc) is 3.89. The second-order valence-electron chi connectivity index (χ2n) is 15.8. The quantitative estimate of drug-likeness (QED) is 0.171. The Balaban J connectivity index is 0.914. The van der Waals surface area contributed by atoms with Gasteiger partial charge in [0.1, 0.15) is 12.0 Å². The lowest BCUT2D eigenvalue weighted by atomic mass is 9.93. The summed E-state index contributed by atoms with van der Waals surface area (Å²) >= 11 is 1.82. The van der Waals surface area contributed by atoms with Gasteiger partial charge in [-0.1, -0.05) is 170 Å². The molecule has 5 heteroatoms. The van der Waals surface area contributed by atoms with Crippen molar-refractivity contribution in [2.24, 2.45) is 9.98 Å². The van der Waals surface area contributed by atoms with Crippen molar-refractivity contribution in [1.82, 2.24) is 9.88 Å². The zero-order valence-corrected chi connectivity index (χ0v) is 34.4. The Kier molecular flexibility index (Phi) is 8.72. The molecule has 9 aromatic carbocycles. The number of thiophene rings is 1. The standard InChI is InChI=1S/C57H38N4S/c1-4-14-37(15-5-1)38-24-26-40(27-25-38)56-58-55(39-16-6-2-7-17-39)59-57(60-56)43-28-31-48-50-35-42(30-33-53(50)62-54(48)36-43)46-21-11-10-20-45(46)41-29-32-52-49(34-41)47-22-12-13-23-51(47)61(52)44-18-8-3-9-19-44/h1-36,56H,(H,58,59,60). The van der Waals surface area contributed by atoms with Gasteiger partial charge in [0.25, 0.3) is 0 Å². The lowest BCUT2D eigenvalue weighted by molar-refractivity contribution is 0.674. The normalized spacial score (nSPS) is 14.0. The van der Waals surface area contributed by atoms with Gasteiger partial charge < -0.3 is 9.88 Å². The highest BCUT2D eigenvalue weighted by Gasteiger charge is 2.22. The predicted molar refractivity (Wildman–Crippen MR) is 262 cm³/mol. The van der Waals surface area contributed by atoms with E-state index < -0.39 is 0 Å². The summed E-state index contributed by atoms with van der Waals surface area (Å²) in [5, 5.41) is 8.62. The van der Waals surface area contributed by atoms with Crippen LogP contribution in [0.1, 0.15) is 22.9 Å². The first kappa shape index (κ1) is 36.0. The molecule has 1 aliphatic rings. The van der Waals surface area contributed by atoms with Crippen molar-refractivity contribution in [2.75, 3.05) is 0 Å². The van der Waals surface area contributed by atoms with Crippen molar-refractivity contribution >= 4 is 65.0 Å². The van der Waals surface area contributed by atoms with Gasteiger partial charge in [0.15, 0.2) is 5.84 Å². The number of benzene rings is 9. The second kappa shape index (κ2) is 15.0. The summed E-state index contributed by atoms with van der Waals surface area (Å²) < 4.78 is 4.84. The lowest BCUT2D eigenvalue weighted by Crippen LogP contribution is -2.33. The van der Waals surface area contributed by atoms with Gasteiger partial charge in [0, 0.05) is 47.8 Å². The van der Waals surface area contributed by atoms with E-state index in [0.29, 0.717) is 0 Å². The summed E-state index contributed by atoms with van der Waals surface area (Å²) in [5.74, 6) is 1.53. The van der Waals surface area contributed by atoms with Crippen LogP contribution in [-0.4, -0.2) is 16.2 Å². The van der Waals surface area contributed by atoms with Crippen LogP contribution in [0.25, 0.3) is 81.0 Å². The Hall–Kier alpha value is -7.86. The Bertz CT molecular complexity index is 3530. The molecule has 0 amide bonds. The maximum atomic E-state index is 5.23. The third-order valence-electron chi connectivity index (χ3n) is 12.1. The van der Waals surface area contributed by atoms with Gasteiger partial charge in [-0.05, 0) is 87.5 Å². The molecule has 0 aliphatic carbocycles. The van der Waals surface area contributed by atoms with Crippen molar-refractivity contribution in [1.29, 1.82) is 0 Å². The fourth-order valence-corrected chi connectivity index (χ4v) is 10.2. The van der Waals surface area contributed by atoms with Gasteiger partial charge in [-0.15, -0.1) is 11.3 Å². The molecule has 0 saturated heterocycles. The van der Waals surface area contributed by atoms with E-state index in [1.165, 1.54) is 75.4 Å². The van der Waals surface area contributed by atoms with Crippen molar-refractivity contribution in [3.8, 4) is 39.1 Å². The largest absolute Gasteiger partial charge is 0.344 e. The maximum absolute atomic E-state index is 5.23. The molecule has 0 fully saturated rings. The van der Waals surface area contributed by atoms with E-state index in [9.17, 15) is 0 Å². The van der Waals surface area contributed by atoms with Gasteiger partial charge in [0.05, 0.1) is 11.0 Å². The molecule has 4 nitrogen and oxygen atoms in total. The third kappa shape index (κ3) is 6.30. The predicted octanol–water partition coefficient (Wildman–Crippen LogP) is 14.6. The molecule has 62 heavy (non-hydrogen) atoms. The van der Waals surface area contributed by atoms with E-state index in [1.54, 1.807) is 0 Å². The topological polar surface area (TPSA) is 41.7 Å². The molecule has 0 saturated carbocycles. The first-order valence-electron chi connectivity index (χ1n) is 21.0. The van der Waals surface area contributed by atoms with Gasteiger partial charge in [-0.2, -0.15) is 0 Å².